The summed E-state index contributed by atoms with van der Waals surface area (Å²) in [5, 5.41) is 13.0. The molecule has 3 aromatic rings. The first-order chi connectivity index (χ1) is 17.3. The van der Waals surface area contributed by atoms with E-state index in [-0.39, 0.29) is 36.0 Å². The van der Waals surface area contributed by atoms with Crippen LogP contribution in [0.5, 0.6) is 5.75 Å². The predicted octanol–water partition coefficient (Wildman–Crippen LogP) is 4.94. The van der Waals surface area contributed by atoms with E-state index in [9.17, 15) is 19.7 Å². The number of hydrogen-bond acceptors (Lipinski definition) is 6. The van der Waals surface area contributed by atoms with Crippen molar-refractivity contribution < 1.29 is 19.2 Å². The third-order valence-electron chi connectivity index (χ3n) is 6.24. The molecule has 0 fully saturated rings. The fraction of sp³-hybridized carbons (Fsp3) is 0.333. The Morgan fingerprint density at radius 3 is 2.44 bits per heavy atom. The van der Waals surface area contributed by atoms with Crippen molar-refractivity contribution in [2.45, 2.75) is 26.3 Å². The molecule has 8 nitrogen and oxygen atoms in total. The first-order valence-corrected chi connectivity index (χ1v) is 12.7. The first-order valence-electron chi connectivity index (χ1n) is 11.8. The summed E-state index contributed by atoms with van der Waals surface area (Å²) < 4.78 is 5.30. The van der Waals surface area contributed by atoms with Crippen LogP contribution in [0.25, 0.3) is 0 Å². The SMILES string of the molecule is COc1ccc(C2c3ccsc3CCN2C(=O)CN(CC(C)C)C(=O)c2ccc([N+](=O)[O-])cc2)cc1. The lowest BCUT2D eigenvalue weighted by molar-refractivity contribution is -0.384. The molecule has 1 aliphatic heterocycles. The largest absolute Gasteiger partial charge is 0.497 e. The number of carbonyl (C=O) groups is 2. The summed E-state index contributed by atoms with van der Waals surface area (Å²) >= 11 is 1.70. The van der Waals surface area contributed by atoms with Gasteiger partial charge in [0, 0.05) is 35.7 Å². The molecule has 0 spiro atoms. The molecule has 4 rings (SSSR count). The number of nitro benzene ring substituents is 1. The van der Waals surface area contributed by atoms with E-state index in [4.69, 9.17) is 4.74 Å². The van der Waals surface area contributed by atoms with Gasteiger partial charge in [0.2, 0.25) is 5.91 Å². The molecule has 2 heterocycles. The number of nitrogens with zero attached hydrogens (tertiary/aromatic N) is 3. The summed E-state index contributed by atoms with van der Waals surface area (Å²) in [5.41, 5.74) is 2.34. The highest BCUT2D eigenvalue weighted by Crippen LogP contribution is 2.38. The number of non-ortho nitro benzene ring substituents is 1. The van der Waals surface area contributed by atoms with Crippen molar-refractivity contribution in [2.75, 3.05) is 26.7 Å². The van der Waals surface area contributed by atoms with Crippen molar-refractivity contribution in [1.29, 1.82) is 0 Å². The van der Waals surface area contributed by atoms with Gasteiger partial charge in [-0.2, -0.15) is 0 Å². The molecule has 1 atom stereocenters. The van der Waals surface area contributed by atoms with Gasteiger partial charge in [0.05, 0.1) is 18.1 Å². The van der Waals surface area contributed by atoms with Crippen molar-refractivity contribution in [3.63, 3.8) is 0 Å². The van der Waals surface area contributed by atoms with Gasteiger partial charge in [0.25, 0.3) is 11.6 Å². The van der Waals surface area contributed by atoms with E-state index >= 15 is 0 Å². The van der Waals surface area contributed by atoms with Crippen LogP contribution in [0.2, 0.25) is 0 Å². The molecule has 0 saturated heterocycles. The van der Waals surface area contributed by atoms with Gasteiger partial charge in [-0.05, 0) is 59.2 Å². The lowest BCUT2D eigenvalue weighted by atomic mass is 9.93. The number of benzene rings is 2. The Morgan fingerprint density at radius 2 is 1.83 bits per heavy atom. The maximum atomic E-state index is 13.7. The summed E-state index contributed by atoms with van der Waals surface area (Å²) in [4.78, 5) is 42.2. The zero-order chi connectivity index (χ0) is 25.8. The monoisotopic (exact) mass is 507 g/mol. The van der Waals surface area contributed by atoms with Crippen LogP contribution in [-0.2, 0) is 11.2 Å². The van der Waals surface area contributed by atoms with Crippen LogP contribution < -0.4 is 4.74 Å². The minimum absolute atomic E-state index is 0.0693. The highest BCUT2D eigenvalue weighted by Gasteiger charge is 2.34. The molecule has 0 N–H and O–H groups in total. The number of nitro groups is 1. The van der Waals surface area contributed by atoms with Crippen LogP contribution in [0.1, 0.15) is 46.3 Å². The van der Waals surface area contributed by atoms with Crippen molar-refractivity contribution in [3.05, 3.63) is 91.7 Å². The molecule has 188 valence electrons. The molecule has 0 radical (unpaired) electrons. The minimum atomic E-state index is -0.502. The van der Waals surface area contributed by atoms with E-state index in [0.29, 0.717) is 18.7 Å². The normalized spacial score (nSPS) is 14.9. The summed E-state index contributed by atoms with van der Waals surface area (Å²) in [6.07, 6.45) is 0.770. The summed E-state index contributed by atoms with van der Waals surface area (Å²) in [7, 11) is 1.62. The Hall–Kier alpha value is -3.72. The number of methoxy groups -OCH3 is 1. The van der Waals surface area contributed by atoms with E-state index in [1.807, 2.05) is 43.0 Å². The quantitative estimate of drug-likeness (QED) is 0.318. The van der Waals surface area contributed by atoms with Crippen LogP contribution in [0, 0.1) is 16.0 Å². The highest BCUT2D eigenvalue weighted by atomic mass is 32.1. The van der Waals surface area contributed by atoms with Gasteiger partial charge in [-0.3, -0.25) is 19.7 Å². The highest BCUT2D eigenvalue weighted by molar-refractivity contribution is 7.10. The van der Waals surface area contributed by atoms with E-state index < -0.39 is 4.92 Å². The molecule has 2 amide bonds. The number of rotatable bonds is 8. The minimum Gasteiger partial charge on any atom is -0.497 e. The van der Waals surface area contributed by atoms with Crippen LogP contribution in [0.4, 0.5) is 5.69 Å². The second-order valence-corrected chi connectivity index (χ2v) is 10.2. The molecule has 1 aliphatic rings. The third-order valence-corrected chi connectivity index (χ3v) is 7.24. The molecule has 36 heavy (non-hydrogen) atoms. The van der Waals surface area contributed by atoms with Gasteiger partial charge in [0.15, 0.2) is 0 Å². The fourth-order valence-corrected chi connectivity index (χ4v) is 5.46. The van der Waals surface area contributed by atoms with Gasteiger partial charge >= 0.3 is 0 Å². The number of carbonyl (C=O) groups excluding carboxylic acids is 2. The Balaban J connectivity index is 1.60. The summed E-state index contributed by atoms with van der Waals surface area (Å²) in [5.74, 6) is 0.432. The van der Waals surface area contributed by atoms with Crippen molar-refractivity contribution in [2.24, 2.45) is 5.92 Å². The second kappa shape index (κ2) is 10.9. The van der Waals surface area contributed by atoms with Gasteiger partial charge in [-0.25, -0.2) is 0 Å². The Bertz CT molecular complexity index is 1240. The molecular formula is C27H29N3O5S. The van der Waals surface area contributed by atoms with Crippen LogP contribution >= 0.6 is 11.3 Å². The van der Waals surface area contributed by atoms with E-state index in [0.717, 1.165) is 23.3 Å². The molecule has 0 aliphatic carbocycles. The van der Waals surface area contributed by atoms with Crippen molar-refractivity contribution in [3.8, 4) is 5.75 Å². The van der Waals surface area contributed by atoms with Crippen molar-refractivity contribution >= 4 is 28.8 Å². The van der Waals surface area contributed by atoms with E-state index in [1.165, 1.54) is 29.1 Å². The lowest BCUT2D eigenvalue weighted by Crippen LogP contribution is -2.47. The molecule has 0 bridgehead atoms. The molecular weight excluding hydrogens is 478 g/mol. The summed E-state index contributed by atoms with van der Waals surface area (Å²) in [6, 6.07) is 15.1. The van der Waals surface area contributed by atoms with E-state index in [1.54, 1.807) is 23.3 Å². The zero-order valence-corrected chi connectivity index (χ0v) is 21.4. The number of thiophene rings is 1. The van der Waals surface area contributed by atoms with Gasteiger partial charge in [-0.15, -0.1) is 11.3 Å². The molecule has 9 heteroatoms. The molecule has 2 aromatic carbocycles. The smallest absolute Gasteiger partial charge is 0.269 e. The number of ether oxygens (including phenoxy) is 1. The third kappa shape index (κ3) is 5.41. The number of hydrogen-bond donors (Lipinski definition) is 0. The first kappa shape index (κ1) is 25.4. The van der Waals surface area contributed by atoms with Crippen LogP contribution in [0.3, 0.4) is 0 Å². The van der Waals surface area contributed by atoms with Crippen molar-refractivity contribution in [1.82, 2.24) is 9.80 Å². The van der Waals surface area contributed by atoms with E-state index in [2.05, 4.69) is 11.4 Å². The van der Waals surface area contributed by atoms with Crippen LogP contribution in [-0.4, -0.2) is 53.3 Å². The lowest BCUT2D eigenvalue weighted by Gasteiger charge is -2.38. The van der Waals surface area contributed by atoms with Gasteiger partial charge in [-0.1, -0.05) is 26.0 Å². The number of fused-ring (bicyclic) bond motifs is 1. The Kier molecular flexibility index (Phi) is 7.69. The van der Waals surface area contributed by atoms with Gasteiger partial charge in [0.1, 0.15) is 12.3 Å². The molecule has 0 saturated carbocycles. The summed E-state index contributed by atoms with van der Waals surface area (Å²) in [6.45, 7) is 4.86. The maximum absolute atomic E-state index is 13.7. The number of amides is 2. The average molecular weight is 508 g/mol. The van der Waals surface area contributed by atoms with Gasteiger partial charge < -0.3 is 14.5 Å². The standard InChI is InChI=1S/C27H29N3O5S/c1-18(2)16-28(27(32)20-4-8-21(9-5-20)30(33)34)17-25(31)29-14-12-24-23(13-15-36-24)26(29)19-6-10-22(35-3)11-7-19/h4-11,13,15,18,26H,12,14,16-17H2,1-3H3. The zero-order valence-electron chi connectivity index (χ0n) is 20.5. The Morgan fingerprint density at radius 1 is 1.14 bits per heavy atom. The Labute approximate surface area is 214 Å². The fourth-order valence-electron chi connectivity index (χ4n) is 4.55. The van der Waals surface area contributed by atoms with Crippen LogP contribution in [0.15, 0.2) is 60.0 Å². The topological polar surface area (TPSA) is 93.0 Å². The average Bonchev–Trinajstić information content (AvgIpc) is 3.36. The molecule has 1 unspecified atom stereocenters. The predicted molar refractivity (Wildman–Crippen MR) is 138 cm³/mol. The maximum Gasteiger partial charge on any atom is 0.269 e. The second-order valence-electron chi connectivity index (χ2n) is 9.20. The molecule has 1 aromatic heterocycles.